The number of hydrogen-bond donors (Lipinski definition) is 1. The van der Waals surface area contributed by atoms with Gasteiger partial charge in [-0.15, -0.1) is 0 Å². The number of nitrogens with one attached hydrogen (secondary N) is 1. The third-order valence-electron chi connectivity index (χ3n) is 4.08. The van der Waals surface area contributed by atoms with Gasteiger partial charge in [0, 0.05) is 26.2 Å². The lowest BCUT2D eigenvalue weighted by Crippen LogP contribution is -2.51. The largest absolute Gasteiger partial charge is 0.471 e. The van der Waals surface area contributed by atoms with Crippen molar-refractivity contribution in [3.63, 3.8) is 0 Å². The van der Waals surface area contributed by atoms with Crippen LogP contribution in [0.2, 0.25) is 0 Å². The molecule has 2 heterocycles. The molecule has 2 rings (SSSR count). The molecule has 25 heavy (non-hydrogen) atoms. The molecule has 2 saturated heterocycles. The highest BCUT2D eigenvalue weighted by atomic mass is 32.2. The zero-order chi connectivity index (χ0) is 18.7. The number of sulfonamides is 1. The Kier molecular flexibility index (Phi) is 6.27. The first kappa shape index (κ1) is 19.9. The summed E-state index contributed by atoms with van der Waals surface area (Å²) in [6.45, 7) is 0.662. The van der Waals surface area contributed by atoms with Gasteiger partial charge < -0.3 is 15.0 Å². The molecule has 2 aliphatic heterocycles. The maximum absolute atomic E-state index is 12.5. The Morgan fingerprint density at radius 1 is 1.16 bits per heavy atom. The molecule has 0 aromatic heterocycles. The molecule has 8 nitrogen and oxygen atoms in total. The first-order chi connectivity index (χ1) is 11.6. The summed E-state index contributed by atoms with van der Waals surface area (Å²) < 4.78 is 68.1. The van der Waals surface area contributed by atoms with Gasteiger partial charge in [0.25, 0.3) is 0 Å². The predicted molar refractivity (Wildman–Crippen MR) is 80.0 cm³/mol. The van der Waals surface area contributed by atoms with Crippen molar-refractivity contribution in [1.82, 2.24) is 14.5 Å². The van der Waals surface area contributed by atoms with Gasteiger partial charge in [-0.05, 0) is 12.8 Å². The Morgan fingerprint density at radius 2 is 1.80 bits per heavy atom. The maximum atomic E-state index is 12.5. The van der Waals surface area contributed by atoms with Crippen molar-refractivity contribution in [3.8, 4) is 0 Å². The van der Waals surface area contributed by atoms with Crippen LogP contribution in [0.25, 0.3) is 0 Å². The van der Waals surface area contributed by atoms with E-state index in [-0.39, 0.29) is 44.8 Å². The molecule has 144 valence electrons. The van der Waals surface area contributed by atoms with Crippen molar-refractivity contribution >= 4 is 21.8 Å². The van der Waals surface area contributed by atoms with Crippen molar-refractivity contribution in [2.75, 3.05) is 45.1 Å². The molecule has 0 saturated carbocycles. The van der Waals surface area contributed by atoms with Crippen LogP contribution in [0.1, 0.15) is 12.8 Å². The molecule has 2 fully saturated rings. The normalized spacial score (nSPS) is 22.8. The lowest BCUT2D eigenvalue weighted by Gasteiger charge is -2.27. The Hall–Kier alpha value is -1.40. The predicted octanol–water partition coefficient (Wildman–Crippen LogP) is -0.682. The van der Waals surface area contributed by atoms with Crippen molar-refractivity contribution in [1.29, 1.82) is 0 Å². The number of carbonyl (C=O) groups excluding carboxylic acids is 2. The summed E-state index contributed by atoms with van der Waals surface area (Å²) >= 11 is 0. The van der Waals surface area contributed by atoms with E-state index in [9.17, 15) is 31.2 Å². The standard InChI is InChI=1S/C13H20F3N3O5S/c14-13(15,16)12(21)19-4-1-2-10(19)11(20)17-3-9-25(22,23)18-5-7-24-8-6-18/h10H,1-9H2,(H,17,20). The first-order valence-corrected chi connectivity index (χ1v) is 9.45. The number of hydrogen-bond acceptors (Lipinski definition) is 5. The molecule has 0 bridgehead atoms. The third kappa shape index (κ3) is 5.05. The number of likely N-dealkylation sites (tertiary alicyclic amines) is 1. The number of halogens is 3. The Morgan fingerprint density at radius 3 is 2.40 bits per heavy atom. The van der Waals surface area contributed by atoms with E-state index in [0.717, 1.165) is 0 Å². The Balaban J connectivity index is 1.86. The molecule has 2 aliphatic rings. The highest BCUT2D eigenvalue weighted by molar-refractivity contribution is 7.89. The fourth-order valence-corrected chi connectivity index (χ4v) is 4.14. The summed E-state index contributed by atoms with van der Waals surface area (Å²) in [5.41, 5.74) is 0. The topological polar surface area (TPSA) is 96.0 Å². The molecule has 2 amide bonds. The third-order valence-corrected chi connectivity index (χ3v) is 5.95. The molecule has 1 atom stereocenters. The number of nitrogens with zero attached hydrogens (tertiary/aromatic N) is 2. The lowest BCUT2D eigenvalue weighted by molar-refractivity contribution is -0.186. The van der Waals surface area contributed by atoms with Crippen molar-refractivity contribution in [3.05, 3.63) is 0 Å². The molecular formula is C13H20F3N3O5S. The fraction of sp³-hybridized carbons (Fsp3) is 0.846. The van der Waals surface area contributed by atoms with E-state index in [1.54, 1.807) is 0 Å². The average Bonchev–Trinajstić information content (AvgIpc) is 3.03. The molecule has 0 radical (unpaired) electrons. The number of rotatable bonds is 5. The average molecular weight is 387 g/mol. The minimum Gasteiger partial charge on any atom is -0.379 e. The van der Waals surface area contributed by atoms with E-state index in [2.05, 4.69) is 5.32 Å². The maximum Gasteiger partial charge on any atom is 0.471 e. The lowest BCUT2D eigenvalue weighted by atomic mass is 10.2. The molecule has 0 aliphatic carbocycles. The van der Waals surface area contributed by atoms with Gasteiger partial charge >= 0.3 is 12.1 Å². The smallest absolute Gasteiger partial charge is 0.379 e. The van der Waals surface area contributed by atoms with Gasteiger partial charge in [-0.3, -0.25) is 9.59 Å². The molecular weight excluding hydrogens is 367 g/mol. The second-order valence-electron chi connectivity index (χ2n) is 5.77. The second-order valence-corrected chi connectivity index (χ2v) is 7.86. The van der Waals surface area contributed by atoms with Crippen LogP contribution >= 0.6 is 0 Å². The zero-order valence-corrected chi connectivity index (χ0v) is 14.2. The van der Waals surface area contributed by atoms with Gasteiger partial charge in [0.1, 0.15) is 6.04 Å². The van der Waals surface area contributed by atoms with Gasteiger partial charge in [0.2, 0.25) is 15.9 Å². The molecule has 1 N–H and O–H groups in total. The fourth-order valence-electron chi connectivity index (χ4n) is 2.82. The van der Waals surface area contributed by atoms with Crippen LogP contribution in [-0.4, -0.2) is 86.8 Å². The van der Waals surface area contributed by atoms with E-state index >= 15 is 0 Å². The van der Waals surface area contributed by atoms with Crippen molar-refractivity contribution < 1.29 is 35.9 Å². The molecule has 1 unspecified atom stereocenters. The highest BCUT2D eigenvalue weighted by Crippen LogP contribution is 2.25. The number of morpholine rings is 1. The highest BCUT2D eigenvalue weighted by Gasteiger charge is 2.47. The Bertz CT molecular complexity index is 605. The summed E-state index contributed by atoms with van der Waals surface area (Å²) in [6, 6.07) is -1.22. The summed E-state index contributed by atoms with van der Waals surface area (Å²) in [7, 11) is -3.58. The summed E-state index contributed by atoms with van der Waals surface area (Å²) in [5, 5.41) is 2.32. The van der Waals surface area contributed by atoms with Gasteiger partial charge in [-0.2, -0.15) is 17.5 Å². The van der Waals surface area contributed by atoms with E-state index in [0.29, 0.717) is 18.1 Å². The number of ether oxygens (including phenoxy) is 1. The van der Waals surface area contributed by atoms with Crippen LogP contribution in [0, 0.1) is 0 Å². The number of amides is 2. The van der Waals surface area contributed by atoms with Crippen molar-refractivity contribution in [2.24, 2.45) is 0 Å². The minimum atomic E-state index is -5.04. The van der Waals surface area contributed by atoms with Crippen molar-refractivity contribution in [2.45, 2.75) is 25.1 Å². The summed E-state index contributed by atoms with van der Waals surface area (Å²) in [4.78, 5) is 23.9. The number of alkyl halides is 3. The first-order valence-electron chi connectivity index (χ1n) is 7.84. The summed E-state index contributed by atoms with van der Waals surface area (Å²) in [6.07, 6.45) is -4.64. The van der Waals surface area contributed by atoms with Crippen LogP contribution in [0.4, 0.5) is 13.2 Å². The summed E-state index contributed by atoms with van der Waals surface area (Å²) in [5.74, 6) is -3.18. The minimum absolute atomic E-state index is 0.115. The molecule has 0 aromatic carbocycles. The molecule has 0 aromatic rings. The van der Waals surface area contributed by atoms with Crippen LogP contribution in [-0.2, 0) is 24.3 Å². The monoisotopic (exact) mass is 387 g/mol. The van der Waals surface area contributed by atoms with Gasteiger partial charge in [0.15, 0.2) is 0 Å². The molecule has 0 spiro atoms. The van der Waals surface area contributed by atoms with Crippen LogP contribution in [0.3, 0.4) is 0 Å². The van der Waals surface area contributed by atoms with Crippen LogP contribution in [0.5, 0.6) is 0 Å². The van der Waals surface area contributed by atoms with Crippen LogP contribution in [0.15, 0.2) is 0 Å². The van der Waals surface area contributed by atoms with Gasteiger partial charge in [0.05, 0.1) is 19.0 Å². The number of carbonyl (C=O) groups is 2. The molecule has 12 heteroatoms. The van der Waals surface area contributed by atoms with Gasteiger partial charge in [-0.25, -0.2) is 8.42 Å². The zero-order valence-electron chi connectivity index (χ0n) is 13.4. The van der Waals surface area contributed by atoms with E-state index in [1.807, 2.05) is 0 Å². The van der Waals surface area contributed by atoms with E-state index in [4.69, 9.17) is 4.74 Å². The van der Waals surface area contributed by atoms with E-state index < -0.39 is 34.1 Å². The van der Waals surface area contributed by atoms with Gasteiger partial charge in [-0.1, -0.05) is 0 Å². The quantitative estimate of drug-likeness (QED) is 0.674. The SMILES string of the molecule is O=C(NCCS(=O)(=O)N1CCOCC1)C1CCCN1C(=O)C(F)(F)F. The van der Waals surface area contributed by atoms with Crippen LogP contribution < -0.4 is 5.32 Å². The van der Waals surface area contributed by atoms with E-state index in [1.165, 1.54) is 4.31 Å². The second kappa shape index (κ2) is 7.87. The Labute approximate surface area is 143 Å².